The maximum atomic E-state index is 12.2. The minimum atomic E-state index is -0.853. The molecule has 8 nitrogen and oxygen atoms in total. The van der Waals surface area contributed by atoms with Gasteiger partial charge in [-0.15, -0.1) is 0 Å². The SMILES string of the molecule is CC(C)C(C(=O)N1CC(=O)NC(=O)C1)C(N)=NO. The van der Waals surface area contributed by atoms with Crippen LogP contribution in [0.15, 0.2) is 5.16 Å². The van der Waals surface area contributed by atoms with Crippen LogP contribution in [0.3, 0.4) is 0 Å². The average Bonchev–Trinajstić information content (AvgIpc) is 2.26. The van der Waals surface area contributed by atoms with Crippen molar-refractivity contribution < 1.29 is 19.6 Å². The molecule has 0 aliphatic carbocycles. The number of piperazine rings is 1. The Morgan fingerprint density at radius 2 is 1.89 bits per heavy atom. The number of carbonyl (C=O) groups excluding carboxylic acids is 3. The highest BCUT2D eigenvalue weighted by Crippen LogP contribution is 2.15. The molecule has 3 amide bonds. The van der Waals surface area contributed by atoms with Crippen molar-refractivity contribution >= 4 is 23.6 Å². The number of amidine groups is 1. The Balaban J connectivity index is 2.90. The molecule has 1 aliphatic rings. The van der Waals surface area contributed by atoms with Crippen molar-refractivity contribution in [1.29, 1.82) is 0 Å². The summed E-state index contributed by atoms with van der Waals surface area (Å²) in [5, 5.41) is 13.6. The summed E-state index contributed by atoms with van der Waals surface area (Å²) in [6.45, 7) is 3.05. The summed E-state index contributed by atoms with van der Waals surface area (Å²) in [7, 11) is 0. The molecule has 1 unspecified atom stereocenters. The third kappa shape index (κ3) is 2.96. The van der Waals surface area contributed by atoms with Crippen LogP contribution in [0.25, 0.3) is 0 Å². The van der Waals surface area contributed by atoms with E-state index in [-0.39, 0.29) is 24.8 Å². The fourth-order valence-electron chi connectivity index (χ4n) is 1.81. The zero-order valence-electron chi connectivity index (χ0n) is 10.2. The second-order valence-electron chi connectivity index (χ2n) is 4.41. The van der Waals surface area contributed by atoms with Gasteiger partial charge in [0.25, 0.3) is 0 Å². The molecule has 1 fully saturated rings. The first kappa shape index (κ1) is 13.9. The molecule has 0 aromatic rings. The fraction of sp³-hybridized carbons (Fsp3) is 0.600. The van der Waals surface area contributed by atoms with Gasteiger partial charge in [-0.1, -0.05) is 19.0 Å². The van der Waals surface area contributed by atoms with Crippen LogP contribution < -0.4 is 11.1 Å². The number of nitrogens with two attached hydrogens (primary N) is 1. The largest absolute Gasteiger partial charge is 0.409 e. The number of nitrogens with one attached hydrogen (secondary N) is 1. The predicted molar refractivity (Wildman–Crippen MR) is 61.5 cm³/mol. The molecule has 18 heavy (non-hydrogen) atoms. The zero-order chi connectivity index (χ0) is 13.9. The van der Waals surface area contributed by atoms with E-state index >= 15 is 0 Å². The van der Waals surface area contributed by atoms with Gasteiger partial charge in [0.05, 0.1) is 0 Å². The van der Waals surface area contributed by atoms with Crippen molar-refractivity contribution in [3.63, 3.8) is 0 Å². The lowest BCUT2D eigenvalue weighted by atomic mass is 9.93. The van der Waals surface area contributed by atoms with E-state index in [0.29, 0.717) is 0 Å². The number of oxime groups is 1. The average molecular weight is 256 g/mol. The molecule has 1 aliphatic heterocycles. The molecular formula is C10H16N4O4. The summed E-state index contributed by atoms with van der Waals surface area (Å²) in [6, 6.07) is 0. The minimum Gasteiger partial charge on any atom is -0.409 e. The van der Waals surface area contributed by atoms with E-state index in [1.807, 2.05) is 0 Å². The topological polar surface area (TPSA) is 125 Å². The molecule has 0 radical (unpaired) electrons. The third-order valence-electron chi connectivity index (χ3n) is 2.63. The minimum absolute atomic E-state index is 0.202. The van der Waals surface area contributed by atoms with Crippen LogP contribution in [0.5, 0.6) is 0 Å². The maximum absolute atomic E-state index is 12.2. The van der Waals surface area contributed by atoms with E-state index in [1.165, 1.54) is 0 Å². The van der Waals surface area contributed by atoms with Gasteiger partial charge in [-0.3, -0.25) is 19.7 Å². The van der Waals surface area contributed by atoms with Gasteiger partial charge in [0.15, 0.2) is 5.84 Å². The van der Waals surface area contributed by atoms with Crippen LogP contribution in [0.1, 0.15) is 13.8 Å². The van der Waals surface area contributed by atoms with E-state index in [1.54, 1.807) is 13.8 Å². The lowest BCUT2D eigenvalue weighted by Crippen LogP contribution is -2.56. The van der Waals surface area contributed by atoms with Gasteiger partial charge in [0.2, 0.25) is 17.7 Å². The molecule has 0 spiro atoms. The normalized spacial score (nSPS) is 18.8. The van der Waals surface area contributed by atoms with Crippen LogP contribution in [0, 0.1) is 11.8 Å². The van der Waals surface area contributed by atoms with Crippen molar-refractivity contribution in [2.75, 3.05) is 13.1 Å². The summed E-state index contributed by atoms with van der Waals surface area (Å²) in [4.78, 5) is 35.6. The Bertz CT molecular complexity index is 389. The molecular weight excluding hydrogens is 240 g/mol. The lowest BCUT2D eigenvalue weighted by Gasteiger charge is -2.30. The number of imide groups is 1. The van der Waals surface area contributed by atoms with Crippen molar-refractivity contribution in [2.24, 2.45) is 22.7 Å². The standard InChI is InChI=1S/C10H16N4O4/c1-5(2)8(9(11)13-18)10(17)14-3-6(15)12-7(16)4-14/h5,8,18H,3-4H2,1-2H3,(H2,11,13)(H,12,15,16). The Morgan fingerprint density at radius 1 is 1.39 bits per heavy atom. The number of hydrogen-bond donors (Lipinski definition) is 3. The molecule has 8 heteroatoms. The highest BCUT2D eigenvalue weighted by Gasteiger charge is 2.34. The molecule has 0 bridgehead atoms. The molecule has 1 rings (SSSR count). The molecule has 0 aromatic carbocycles. The first-order chi connectivity index (χ1) is 8.36. The Hall–Kier alpha value is -2.12. The summed E-state index contributed by atoms with van der Waals surface area (Å²) in [5.74, 6) is -2.87. The van der Waals surface area contributed by atoms with Gasteiger partial charge in [0.1, 0.15) is 19.0 Å². The number of nitrogens with zero attached hydrogens (tertiary/aromatic N) is 2. The second kappa shape index (κ2) is 5.48. The van der Waals surface area contributed by atoms with Crippen molar-refractivity contribution in [3.05, 3.63) is 0 Å². The van der Waals surface area contributed by atoms with Gasteiger partial charge in [0, 0.05) is 0 Å². The summed E-state index contributed by atoms with van der Waals surface area (Å²) in [5.41, 5.74) is 5.46. The highest BCUT2D eigenvalue weighted by molar-refractivity contribution is 6.07. The fourth-order valence-corrected chi connectivity index (χ4v) is 1.81. The third-order valence-corrected chi connectivity index (χ3v) is 2.63. The number of carbonyl (C=O) groups is 3. The number of hydrogen-bond acceptors (Lipinski definition) is 5. The summed E-state index contributed by atoms with van der Waals surface area (Å²) >= 11 is 0. The molecule has 4 N–H and O–H groups in total. The first-order valence-electron chi connectivity index (χ1n) is 5.45. The van der Waals surface area contributed by atoms with Gasteiger partial charge in [-0.05, 0) is 5.92 Å². The molecule has 1 atom stereocenters. The van der Waals surface area contributed by atoms with Crippen LogP contribution >= 0.6 is 0 Å². The molecule has 1 saturated heterocycles. The van der Waals surface area contributed by atoms with Crippen LogP contribution in [-0.2, 0) is 14.4 Å². The Kier molecular flexibility index (Phi) is 4.24. The first-order valence-corrected chi connectivity index (χ1v) is 5.45. The van der Waals surface area contributed by atoms with Gasteiger partial charge < -0.3 is 15.8 Å². The lowest BCUT2D eigenvalue weighted by molar-refractivity contribution is -0.147. The monoisotopic (exact) mass is 256 g/mol. The van der Waals surface area contributed by atoms with Gasteiger partial charge in [-0.2, -0.15) is 0 Å². The summed E-state index contributed by atoms with van der Waals surface area (Å²) < 4.78 is 0. The van der Waals surface area contributed by atoms with Crippen LogP contribution in [0.2, 0.25) is 0 Å². The highest BCUT2D eigenvalue weighted by atomic mass is 16.4. The van der Waals surface area contributed by atoms with Gasteiger partial charge >= 0.3 is 0 Å². The van der Waals surface area contributed by atoms with E-state index in [2.05, 4.69) is 10.5 Å². The Morgan fingerprint density at radius 3 is 2.28 bits per heavy atom. The van der Waals surface area contributed by atoms with Crippen molar-refractivity contribution in [2.45, 2.75) is 13.8 Å². The van der Waals surface area contributed by atoms with E-state index in [4.69, 9.17) is 10.9 Å². The molecule has 0 aromatic heterocycles. The second-order valence-corrected chi connectivity index (χ2v) is 4.41. The quantitative estimate of drug-likeness (QED) is 0.186. The van der Waals surface area contributed by atoms with E-state index < -0.39 is 23.6 Å². The number of rotatable bonds is 3. The number of amides is 3. The predicted octanol–water partition coefficient (Wildman–Crippen LogP) is -1.51. The Labute approximate surface area is 104 Å². The summed E-state index contributed by atoms with van der Waals surface area (Å²) in [6.07, 6.45) is 0. The van der Waals surface area contributed by atoms with Gasteiger partial charge in [-0.25, -0.2) is 0 Å². The van der Waals surface area contributed by atoms with E-state index in [0.717, 1.165) is 4.90 Å². The molecule has 100 valence electrons. The van der Waals surface area contributed by atoms with Crippen LogP contribution in [-0.4, -0.2) is 46.8 Å². The zero-order valence-corrected chi connectivity index (χ0v) is 10.2. The molecule has 0 saturated carbocycles. The van der Waals surface area contributed by atoms with Crippen LogP contribution in [0.4, 0.5) is 0 Å². The smallest absolute Gasteiger partial charge is 0.246 e. The van der Waals surface area contributed by atoms with Crippen molar-refractivity contribution in [1.82, 2.24) is 10.2 Å². The van der Waals surface area contributed by atoms with Crippen molar-refractivity contribution in [3.8, 4) is 0 Å². The maximum Gasteiger partial charge on any atom is 0.246 e. The van der Waals surface area contributed by atoms with E-state index in [9.17, 15) is 14.4 Å². The molecule has 1 heterocycles.